The molecule has 0 unspecified atom stereocenters. The molecule has 0 aliphatic heterocycles. The Kier molecular flexibility index (Phi) is 4.07. The number of pyridine rings is 1. The third-order valence-electron chi connectivity index (χ3n) is 7.22. The zero-order valence-corrected chi connectivity index (χ0v) is 19.1. The minimum absolute atomic E-state index is 0.0813. The van der Waals surface area contributed by atoms with Gasteiger partial charge in [0.05, 0.1) is 11.2 Å². The van der Waals surface area contributed by atoms with E-state index in [2.05, 4.69) is 113 Å². The van der Waals surface area contributed by atoms with Gasteiger partial charge in [-0.15, -0.1) is 0 Å². The third kappa shape index (κ3) is 2.61. The molecule has 0 fully saturated rings. The van der Waals surface area contributed by atoms with Gasteiger partial charge in [-0.1, -0.05) is 100 Å². The highest BCUT2D eigenvalue weighted by atomic mass is 14.7. The molecule has 1 aliphatic carbocycles. The van der Waals surface area contributed by atoms with Crippen LogP contribution in [0.3, 0.4) is 0 Å². The summed E-state index contributed by atoms with van der Waals surface area (Å²) in [6.45, 7) is 9.26. The van der Waals surface area contributed by atoms with Gasteiger partial charge in [0.25, 0.3) is 0 Å². The van der Waals surface area contributed by atoms with Crippen LogP contribution in [0.2, 0.25) is 0 Å². The predicted octanol–water partition coefficient (Wildman–Crippen LogP) is 8.48. The molecule has 1 aromatic heterocycles. The summed E-state index contributed by atoms with van der Waals surface area (Å²) in [7, 11) is 0. The predicted molar refractivity (Wildman–Crippen MR) is 136 cm³/mol. The molecule has 0 atom stereocenters. The van der Waals surface area contributed by atoms with E-state index in [1.54, 1.807) is 0 Å². The zero-order valence-electron chi connectivity index (χ0n) is 19.1. The summed E-state index contributed by atoms with van der Waals surface area (Å²) in [5.41, 5.74) is 10.1. The fraction of sp³-hybridized carbons (Fsp3) is 0.194. The van der Waals surface area contributed by atoms with E-state index in [0.29, 0.717) is 5.92 Å². The van der Waals surface area contributed by atoms with Crippen LogP contribution in [0.5, 0.6) is 0 Å². The van der Waals surface area contributed by atoms with E-state index < -0.39 is 0 Å². The van der Waals surface area contributed by atoms with Gasteiger partial charge in [-0.25, -0.2) is 4.98 Å². The molecular formula is C31H27N. The van der Waals surface area contributed by atoms with Crippen molar-refractivity contribution in [3.63, 3.8) is 0 Å². The van der Waals surface area contributed by atoms with Crippen LogP contribution in [0.25, 0.3) is 44.1 Å². The van der Waals surface area contributed by atoms with Crippen molar-refractivity contribution in [2.45, 2.75) is 39.0 Å². The highest BCUT2D eigenvalue weighted by Gasteiger charge is 2.39. The van der Waals surface area contributed by atoms with Crippen molar-refractivity contribution in [1.82, 2.24) is 4.98 Å². The highest BCUT2D eigenvalue weighted by Crippen LogP contribution is 2.54. The van der Waals surface area contributed by atoms with E-state index in [0.717, 1.165) is 11.2 Å². The lowest BCUT2D eigenvalue weighted by molar-refractivity contribution is 0.666. The lowest BCUT2D eigenvalue weighted by Crippen LogP contribution is -2.16. The third-order valence-corrected chi connectivity index (χ3v) is 7.22. The Balaban J connectivity index is 1.81. The first kappa shape index (κ1) is 19.3. The van der Waals surface area contributed by atoms with Crippen molar-refractivity contribution in [1.29, 1.82) is 0 Å². The molecule has 156 valence electrons. The van der Waals surface area contributed by atoms with E-state index >= 15 is 0 Å². The Hall–Kier alpha value is -3.45. The van der Waals surface area contributed by atoms with Gasteiger partial charge in [0.2, 0.25) is 0 Å². The maximum absolute atomic E-state index is 5.33. The zero-order chi connectivity index (χ0) is 22.0. The summed E-state index contributed by atoms with van der Waals surface area (Å²) in [4.78, 5) is 5.33. The second-order valence-electron chi connectivity index (χ2n) is 9.84. The number of benzene rings is 4. The van der Waals surface area contributed by atoms with Gasteiger partial charge in [-0.2, -0.15) is 0 Å². The van der Waals surface area contributed by atoms with Crippen LogP contribution >= 0.6 is 0 Å². The topological polar surface area (TPSA) is 12.9 Å². The molecule has 32 heavy (non-hydrogen) atoms. The van der Waals surface area contributed by atoms with E-state index in [1.807, 2.05) is 0 Å². The minimum atomic E-state index is -0.0813. The van der Waals surface area contributed by atoms with Gasteiger partial charge in [-0.05, 0) is 51.1 Å². The van der Waals surface area contributed by atoms with Crippen molar-refractivity contribution in [3.05, 3.63) is 102 Å². The molecule has 1 heterocycles. The first-order chi connectivity index (χ1) is 15.5. The first-order valence-electron chi connectivity index (χ1n) is 11.5. The van der Waals surface area contributed by atoms with Gasteiger partial charge >= 0.3 is 0 Å². The van der Waals surface area contributed by atoms with Crippen molar-refractivity contribution in [2.75, 3.05) is 0 Å². The molecule has 0 saturated carbocycles. The molecule has 1 aliphatic rings. The number of rotatable bonds is 2. The summed E-state index contributed by atoms with van der Waals surface area (Å²) in [5, 5.41) is 3.79. The maximum Gasteiger partial charge on any atom is 0.0797 e. The second kappa shape index (κ2) is 6.77. The number of fused-ring (bicyclic) bond motifs is 6. The van der Waals surface area contributed by atoms with Gasteiger partial charge in [-0.3, -0.25) is 0 Å². The SMILES string of the molecule is CC(C)c1ccc2nc(-c3cccc4ccccc34)c3c(c2c1)C(C)(C)c1ccccc1-3. The van der Waals surface area contributed by atoms with Crippen molar-refractivity contribution in [3.8, 4) is 22.4 Å². The molecule has 4 aromatic carbocycles. The molecule has 5 aromatic rings. The van der Waals surface area contributed by atoms with Gasteiger partial charge in [0, 0.05) is 21.9 Å². The summed E-state index contributed by atoms with van der Waals surface area (Å²) in [6, 6.07) is 31.0. The summed E-state index contributed by atoms with van der Waals surface area (Å²) in [5.74, 6) is 0.486. The largest absolute Gasteiger partial charge is 0.247 e. The second-order valence-corrected chi connectivity index (χ2v) is 9.84. The summed E-state index contributed by atoms with van der Waals surface area (Å²) in [6.07, 6.45) is 0. The average Bonchev–Trinajstić information content (AvgIpc) is 3.06. The van der Waals surface area contributed by atoms with Crippen LogP contribution in [0.1, 0.15) is 50.3 Å². The van der Waals surface area contributed by atoms with Gasteiger partial charge in [0.15, 0.2) is 0 Å². The molecule has 0 amide bonds. The Morgan fingerprint density at radius 3 is 2.28 bits per heavy atom. The van der Waals surface area contributed by atoms with Crippen molar-refractivity contribution < 1.29 is 0 Å². The Morgan fingerprint density at radius 1 is 0.719 bits per heavy atom. The van der Waals surface area contributed by atoms with Crippen LogP contribution in [0.15, 0.2) is 84.9 Å². The molecule has 0 bridgehead atoms. The monoisotopic (exact) mass is 413 g/mol. The molecule has 0 radical (unpaired) electrons. The highest BCUT2D eigenvalue weighted by molar-refractivity contribution is 6.06. The Bertz CT molecular complexity index is 1520. The molecule has 0 spiro atoms. The Labute approximate surface area is 189 Å². The molecule has 1 nitrogen and oxygen atoms in total. The molecule has 6 rings (SSSR count). The summed E-state index contributed by atoms with van der Waals surface area (Å²) < 4.78 is 0. The normalized spacial score (nSPS) is 14.2. The van der Waals surface area contributed by atoms with E-state index in [1.165, 1.54) is 49.5 Å². The maximum atomic E-state index is 5.33. The van der Waals surface area contributed by atoms with Crippen LogP contribution in [-0.2, 0) is 5.41 Å². The fourth-order valence-electron chi connectivity index (χ4n) is 5.56. The lowest BCUT2D eigenvalue weighted by Gasteiger charge is -2.24. The smallest absolute Gasteiger partial charge is 0.0797 e. The lowest BCUT2D eigenvalue weighted by atomic mass is 9.80. The van der Waals surface area contributed by atoms with Gasteiger partial charge in [0.1, 0.15) is 0 Å². The fourth-order valence-corrected chi connectivity index (χ4v) is 5.56. The van der Waals surface area contributed by atoms with Crippen LogP contribution in [0.4, 0.5) is 0 Å². The first-order valence-corrected chi connectivity index (χ1v) is 11.5. The molecule has 1 heteroatoms. The van der Waals surface area contributed by atoms with E-state index in [9.17, 15) is 0 Å². The Morgan fingerprint density at radius 2 is 1.44 bits per heavy atom. The molecular weight excluding hydrogens is 386 g/mol. The minimum Gasteiger partial charge on any atom is -0.247 e. The average molecular weight is 414 g/mol. The van der Waals surface area contributed by atoms with E-state index in [-0.39, 0.29) is 5.41 Å². The molecule has 0 saturated heterocycles. The van der Waals surface area contributed by atoms with Crippen LogP contribution in [0, 0.1) is 0 Å². The number of hydrogen-bond donors (Lipinski definition) is 0. The summed E-state index contributed by atoms with van der Waals surface area (Å²) >= 11 is 0. The standard InChI is InChI=1S/C31H27N/c1-19(2)21-16-17-27-25(18-21)29-28(24-13-7-8-15-26(24)31(29,3)4)30(32-27)23-14-9-11-20-10-5-6-12-22(20)23/h5-19H,1-4H3. The number of nitrogens with zero attached hydrogens (tertiary/aromatic N) is 1. The van der Waals surface area contributed by atoms with Crippen LogP contribution in [-0.4, -0.2) is 4.98 Å². The van der Waals surface area contributed by atoms with E-state index in [4.69, 9.17) is 4.98 Å². The number of hydrogen-bond acceptors (Lipinski definition) is 1. The van der Waals surface area contributed by atoms with Crippen molar-refractivity contribution >= 4 is 21.7 Å². The van der Waals surface area contributed by atoms with Gasteiger partial charge < -0.3 is 0 Å². The number of aromatic nitrogens is 1. The van der Waals surface area contributed by atoms with Crippen LogP contribution < -0.4 is 0 Å². The molecule has 0 N–H and O–H groups in total. The quantitative estimate of drug-likeness (QED) is 0.283. The van der Waals surface area contributed by atoms with Crippen molar-refractivity contribution in [2.24, 2.45) is 0 Å².